The highest BCUT2D eigenvalue weighted by atomic mass is 79.9. The van der Waals surface area contributed by atoms with Gasteiger partial charge in [0.2, 0.25) is 0 Å². The van der Waals surface area contributed by atoms with E-state index in [4.69, 9.17) is 10.5 Å². The number of ether oxygens (including phenoxy) is 1. The summed E-state index contributed by atoms with van der Waals surface area (Å²) in [6.07, 6.45) is -0.0949. The van der Waals surface area contributed by atoms with Crippen LogP contribution in [0.5, 0.6) is 5.75 Å². The van der Waals surface area contributed by atoms with Crippen LogP contribution in [0.2, 0.25) is 0 Å². The lowest BCUT2D eigenvalue weighted by molar-refractivity contribution is 0.216. The van der Waals surface area contributed by atoms with E-state index in [2.05, 4.69) is 50.2 Å². The summed E-state index contributed by atoms with van der Waals surface area (Å²) < 4.78 is 7.93. The van der Waals surface area contributed by atoms with E-state index in [0.29, 0.717) is 6.54 Å². The number of nitrogens with two attached hydrogens (primary N) is 1. The minimum absolute atomic E-state index is 0.0949. The van der Waals surface area contributed by atoms with E-state index < -0.39 is 0 Å². The van der Waals surface area contributed by atoms with Crippen LogP contribution in [0.25, 0.3) is 0 Å². The Morgan fingerprint density at radius 3 is 2.67 bits per heavy atom. The van der Waals surface area contributed by atoms with Crippen LogP contribution in [-0.2, 0) is 0 Å². The number of halogens is 2. The molecule has 0 bridgehead atoms. The summed E-state index contributed by atoms with van der Waals surface area (Å²) in [6, 6.07) is 7.93. The topological polar surface area (TPSA) is 35.2 Å². The molecule has 1 atom stereocenters. The summed E-state index contributed by atoms with van der Waals surface area (Å²) in [5.41, 5.74) is 7.04. The Morgan fingerprint density at radius 2 is 2.11 bits per heavy atom. The van der Waals surface area contributed by atoms with Gasteiger partial charge in [-0.1, -0.05) is 15.9 Å². The number of thiophene rings is 1. The maximum atomic E-state index is 5.99. The Kier molecular flexibility index (Phi) is 4.84. The van der Waals surface area contributed by atoms with Gasteiger partial charge >= 0.3 is 0 Å². The fourth-order valence-electron chi connectivity index (χ4n) is 1.65. The van der Waals surface area contributed by atoms with Gasteiger partial charge in [-0.25, -0.2) is 0 Å². The number of hydrogen-bond donors (Lipinski definition) is 1. The van der Waals surface area contributed by atoms with Crippen molar-refractivity contribution in [2.75, 3.05) is 6.54 Å². The van der Waals surface area contributed by atoms with Crippen LogP contribution in [0.4, 0.5) is 0 Å². The molecule has 0 saturated heterocycles. The molecule has 0 spiro atoms. The molecule has 1 unspecified atom stereocenters. The second-order valence-corrected chi connectivity index (χ2v) is 6.60. The molecule has 1 heterocycles. The minimum Gasteiger partial charge on any atom is -0.482 e. The number of aryl methyl sites for hydroxylation is 1. The molecule has 0 aliphatic carbocycles. The Morgan fingerprint density at radius 1 is 1.33 bits per heavy atom. The number of benzene rings is 1. The van der Waals surface area contributed by atoms with Crippen LogP contribution in [-0.4, -0.2) is 6.54 Å². The third-order valence-electron chi connectivity index (χ3n) is 2.57. The minimum atomic E-state index is -0.0949. The predicted molar refractivity (Wildman–Crippen MR) is 83.3 cm³/mol. The highest BCUT2D eigenvalue weighted by molar-refractivity contribution is 9.11. The van der Waals surface area contributed by atoms with Crippen molar-refractivity contribution in [3.05, 3.63) is 49.0 Å². The first-order chi connectivity index (χ1) is 8.61. The lowest BCUT2D eigenvalue weighted by Gasteiger charge is -2.18. The van der Waals surface area contributed by atoms with Crippen LogP contribution in [0.3, 0.4) is 0 Å². The smallest absolute Gasteiger partial charge is 0.145 e. The molecule has 5 heteroatoms. The number of rotatable bonds is 4. The molecule has 0 aliphatic heterocycles. The highest BCUT2D eigenvalue weighted by Gasteiger charge is 2.16. The summed E-state index contributed by atoms with van der Waals surface area (Å²) >= 11 is 8.60. The maximum Gasteiger partial charge on any atom is 0.145 e. The quantitative estimate of drug-likeness (QED) is 0.823. The summed E-state index contributed by atoms with van der Waals surface area (Å²) in [4.78, 5) is 1.19. The van der Waals surface area contributed by atoms with Gasteiger partial charge in [-0.05, 0) is 58.1 Å². The van der Waals surface area contributed by atoms with Crippen molar-refractivity contribution in [1.82, 2.24) is 0 Å². The maximum absolute atomic E-state index is 5.99. The van der Waals surface area contributed by atoms with Crippen LogP contribution in [0.1, 0.15) is 16.5 Å². The molecule has 1 aromatic heterocycles. The summed E-state index contributed by atoms with van der Waals surface area (Å²) in [5, 5.41) is 2.06. The van der Waals surface area contributed by atoms with Gasteiger partial charge in [0.15, 0.2) is 0 Å². The Bertz CT molecular complexity index is 542. The third-order valence-corrected chi connectivity index (χ3v) is 4.80. The van der Waals surface area contributed by atoms with Gasteiger partial charge in [0.1, 0.15) is 11.9 Å². The summed E-state index contributed by atoms with van der Waals surface area (Å²) in [7, 11) is 0. The van der Waals surface area contributed by atoms with Crippen LogP contribution in [0.15, 0.2) is 38.6 Å². The molecular weight excluding hydrogens is 378 g/mol. The van der Waals surface area contributed by atoms with Crippen molar-refractivity contribution in [3.63, 3.8) is 0 Å². The molecule has 2 nitrogen and oxygen atoms in total. The van der Waals surface area contributed by atoms with Crippen LogP contribution in [0, 0.1) is 6.92 Å². The second-order valence-electron chi connectivity index (χ2n) is 3.88. The van der Waals surface area contributed by atoms with E-state index in [9.17, 15) is 0 Å². The summed E-state index contributed by atoms with van der Waals surface area (Å²) in [5.74, 6) is 0.807. The van der Waals surface area contributed by atoms with Gasteiger partial charge in [-0.3, -0.25) is 0 Å². The fourth-order valence-corrected chi connectivity index (χ4v) is 3.76. The van der Waals surface area contributed by atoms with Crippen molar-refractivity contribution in [1.29, 1.82) is 0 Å². The average molecular weight is 391 g/mol. The largest absolute Gasteiger partial charge is 0.482 e. The van der Waals surface area contributed by atoms with Crippen LogP contribution < -0.4 is 10.5 Å². The number of hydrogen-bond acceptors (Lipinski definition) is 3. The predicted octanol–water partition coefficient (Wildman–Crippen LogP) is 4.66. The molecule has 2 aromatic rings. The summed E-state index contributed by atoms with van der Waals surface area (Å²) in [6.45, 7) is 2.54. The SMILES string of the molecule is Cc1ccsc1C(CN)Oc1ccc(Br)cc1Br. The van der Waals surface area contributed by atoms with Crippen molar-refractivity contribution in [2.24, 2.45) is 5.73 Å². The monoisotopic (exact) mass is 389 g/mol. The first kappa shape index (κ1) is 14.1. The van der Waals surface area contributed by atoms with E-state index in [0.717, 1.165) is 14.7 Å². The first-order valence-corrected chi connectivity index (χ1v) is 7.94. The molecular formula is C13H13Br2NOS. The Hall–Kier alpha value is -0.360. The van der Waals surface area contributed by atoms with Gasteiger partial charge < -0.3 is 10.5 Å². The standard InChI is InChI=1S/C13H13Br2NOS/c1-8-4-5-18-13(8)12(7-16)17-11-3-2-9(14)6-10(11)15/h2-6,12H,7,16H2,1H3. The molecule has 0 radical (unpaired) electrons. The van der Waals surface area contributed by atoms with Gasteiger partial charge in [0.05, 0.1) is 4.47 Å². The lowest BCUT2D eigenvalue weighted by atomic mass is 10.2. The van der Waals surface area contributed by atoms with Crippen molar-refractivity contribution in [3.8, 4) is 5.75 Å². The zero-order valence-electron chi connectivity index (χ0n) is 9.82. The average Bonchev–Trinajstić information content (AvgIpc) is 2.75. The zero-order valence-corrected chi connectivity index (χ0v) is 13.8. The second kappa shape index (κ2) is 6.19. The molecule has 0 fully saturated rings. The normalized spacial score (nSPS) is 12.4. The molecule has 0 amide bonds. The van der Waals surface area contributed by atoms with E-state index in [1.807, 2.05) is 18.2 Å². The van der Waals surface area contributed by atoms with E-state index >= 15 is 0 Å². The Balaban J connectivity index is 2.23. The first-order valence-electron chi connectivity index (χ1n) is 5.47. The molecule has 96 valence electrons. The third kappa shape index (κ3) is 3.15. The van der Waals surface area contributed by atoms with Gasteiger partial charge in [0.25, 0.3) is 0 Å². The lowest BCUT2D eigenvalue weighted by Crippen LogP contribution is -2.18. The molecule has 1 aromatic carbocycles. The molecule has 0 saturated carbocycles. The van der Waals surface area contributed by atoms with E-state index in [1.54, 1.807) is 11.3 Å². The van der Waals surface area contributed by atoms with Gasteiger partial charge in [-0.2, -0.15) is 0 Å². The van der Waals surface area contributed by atoms with Crippen molar-refractivity contribution in [2.45, 2.75) is 13.0 Å². The molecule has 18 heavy (non-hydrogen) atoms. The Labute approximate surface area is 127 Å². The van der Waals surface area contributed by atoms with Crippen molar-refractivity contribution < 1.29 is 4.74 Å². The highest BCUT2D eigenvalue weighted by Crippen LogP contribution is 2.33. The van der Waals surface area contributed by atoms with E-state index in [-0.39, 0.29) is 6.10 Å². The van der Waals surface area contributed by atoms with Crippen LogP contribution >= 0.6 is 43.2 Å². The zero-order chi connectivity index (χ0) is 13.1. The van der Waals surface area contributed by atoms with E-state index in [1.165, 1.54) is 10.4 Å². The fraction of sp³-hybridized carbons (Fsp3) is 0.231. The molecule has 2 N–H and O–H groups in total. The molecule has 2 rings (SSSR count). The van der Waals surface area contributed by atoms with Gasteiger partial charge in [-0.15, -0.1) is 11.3 Å². The molecule has 0 aliphatic rings. The van der Waals surface area contributed by atoms with Gasteiger partial charge in [0, 0.05) is 15.9 Å². The van der Waals surface area contributed by atoms with Crippen molar-refractivity contribution >= 4 is 43.2 Å².